The molecule has 7 nitrogen and oxygen atoms in total. The van der Waals surface area contributed by atoms with E-state index in [4.69, 9.17) is 18.7 Å². The molecule has 0 fully saturated rings. The SMILES string of the molecule is COc1cc(C(=O)OCc2nc(-c3ccsc3)no2)ccc1OC(C)C. The van der Waals surface area contributed by atoms with Crippen molar-refractivity contribution in [3.8, 4) is 22.9 Å². The van der Waals surface area contributed by atoms with Crippen molar-refractivity contribution in [1.29, 1.82) is 0 Å². The van der Waals surface area contributed by atoms with Gasteiger partial charge in [-0.3, -0.25) is 0 Å². The molecule has 136 valence electrons. The molecule has 0 aliphatic rings. The summed E-state index contributed by atoms with van der Waals surface area (Å²) in [6.45, 7) is 3.72. The van der Waals surface area contributed by atoms with Gasteiger partial charge in [-0.25, -0.2) is 4.79 Å². The average Bonchev–Trinajstić information content (AvgIpc) is 3.30. The lowest BCUT2D eigenvalue weighted by Gasteiger charge is -2.14. The molecule has 0 amide bonds. The third-order valence-electron chi connectivity index (χ3n) is 3.34. The van der Waals surface area contributed by atoms with Crippen LogP contribution < -0.4 is 9.47 Å². The molecule has 0 unspecified atom stereocenters. The van der Waals surface area contributed by atoms with Gasteiger partial charge in [-0.1, -0.05) is 5.16 Å². The number of rotatable bonds is 7. The van der Waals surface area contributed by atoms with Crippen LogP contribution in [0.1, 0.15) is 30.1 Å². The number of carbonyl (C=O) groups excluding carboxylic acids is 1. The Morgan fingerprint density at radius 3 is 2.81 bits per heavy atom. The summed E-state index contributed by atoms with van der Waals surface area (Å²) >= 11 is 1.54. The molecule has 0 bridgehead atoms. The number of ether oxygens (including phenoxy) is 3. The molecule has 0 N–H and O–H groups in total. The Hall–Kier alpha value is -2.87. The smallest absolute Gasteiger partial charge is 0.338 e. The predicted molar refractivity (Wildman–Crippen MR) is 95.5 cm³/mol. The third-order valence-corrected chi connectivity index (χ3v) is 4.02. The van der Waals surface area contributed by atoms with E-state index in [1.165, 1.54) is 18.4 Å². The number of aromatic nitrogens is 2. The summed E-state index contributed by atoms with van der Waals surface area (Å²) in [4.78, 5) is 16.5. The second kappa shape index (κ2) is 8.01. The standard InChI is InChI=1S/C18H18N2O5S/c1-11(2)24-14-5-4-12(8-15(14)22-3)18(21)23-9-16-19-17(20-25-16)13-6-7-26-10-13/h4-8,10-11H,9H2,1-3H3. The second-order valence-corrected chi connectivity index (χ2v) is 6.41. The maximum absolute atomic E-state index is 12.2. The Morgan fingerprint density at radius 2 is 2.12 bits per heavy atom. The fourth-order valence-corrected chi connectivity index (χ4v) is 2.81. The Labute approximate surface area is 154 Å². The van der Waals surface area contributed by atoms with E-state index in [1.807, 2.05) is 30.7 Å². The maximum atomic E-state index is 12.2. The van der Waals surface area contributed by atoms with Gasteiger partial charge in [0.25, 0.3) is 5.89 Å². The van der Waals surface area contributed by atoms with Crippen LogP contribution in [0.5, 0.6) is 11.5 Å². The monoisotopic (exact) mass is 374 g/mol. The highest BCUT2D eigenvalue weighted by atomic mass is 32.1. The van der Waals surface area contributed by atoms with E-state index in [1.54, 1.807) is 18.2 Å². The molecule has 0 aliphatic carbocycles. The van der Waals surface area contributed by atoms with Crippen molar-refractivity contribution in [2.45, 2.75) is 26.6 Å². The van der Waals surface area contributed by atoms with E-state index in [0.717, 1.165) is 5.56 Å². The van der Waals surface area contributed by atoms with Crippen molar-refractivity contribution in [2.24, 2.45) is 0 Å². The average molecular weight is 374 g/mol. The van der Waals surface area contributed by atoms with Crippen LogP contribution in [0.4, 0.5) is 0 Å². The third kappa shape index (κ3) is 4.20. The van der Waals surface area contributed by atoms with Crippen LogP contribution >= 0.6 is 11.3 Å². The van der Waals surface area contributed by atoms with Gasteiger partial charge in [-0.15, -0.1) is 0 Å². The topological polar surface area (TPSA) is 83.7 Å². The molecule has 1 aromatic carbocycles. The predicted octanol–water partition coefficient (Wildman–Crippen LogP) is 3.95. The highest BCUT2D eigenvalue weighted by Gasteiger charge is 2.15. The van der Waals surface area contributed by atoms with Crippen LogP contribution in [-0.4, -0.2) is 29.3 Å². The summed E-state index contributed by atoms with van der Waals surface area (Å²) in [6, 6.07) is 6.76. The minimum absolute atomic E-state index is 0.00310. The molecular weight excluding hydrogens is 356 g/mol. The fourth-order valence-electron chi connectivity index (χ4n) is 2.18. The van der Waals surface area contributed by atoms with Gasteiger partial charge in [0.05, 0.1) is 18.8 Å². The number of hydrogen-bond donors (Lipinski definition) is 0. The molecule has 26 heavy (non-hydrogen) atoms. The van der Waals surface area contributed by atoms with Gasteiger partial charge in [0.2, 0.25) is 5.82 Å². The van der Waals surface area contributed by atoms with Crippen molar-refractivity contribution in [1.82, 2.24) is 10.1 Å². The highest BCUT2D eigenvalue weighted by Crippen LogP contribution is 2.29. The molecule has 0 atom stereocenters. The Balaban J connectivity index is 1.65. The minimum atomic E-state index is -0.519. The van der Waals surface area contributed by atoms with Crippen molar-refractivity contribution < 1.29 is 23.5 Å². The van der Waals surface area contributed by atoms with Gasteiger partial charge in [0.15, 0.2) is 18.1 Å². The number of methoxy groups -OCH3 is 1. The molecule has 0 saturated carbocycles. The van der Waals surface area contributed by atoms with Crippen LogP contribution in [0.15, 0.2) is 39.5 Å². The van der Waals surface area contributed by atoms with E-state index in [0.29, 0.717) is 22.9 Å². The van der Waals surface area contributed by atoms with Gasteiger partial charge < -0.3 is 18.7 Å². The second-order valence-electron chi connectivity index (χ2n) is 5.63. The zero-order valence-corrected chi connectivity index (χ0v) is 15.4. The summed E-state index contributed by atoms with van der Waals surface area (Å²) in [6.07, 6.45) is -0.00310. The van der Waals surface area contributed by atoms with Crippen LogP contribution in [-0.2, 0) is 11.3 Å². The zero-order chi connectivity index (χ0) is 18.5. The quantitative estimate of drug-likeness (QED) is 0.579. The molecule has 2 heterocycles. The normalized spacial score (nSPS) is 10.8. The van der Waals surface area contributed by atoms with Gasteiger partial charge in [0, 0.05) is 10.9 Å². The highest BCUT2D eigenvalue weighted by molar-refractivity contribution is 7.08. The molecule has 0 aliphatic heterocycles. The fraction of sp³-hybridized carbons (Fsp3) is 0.278. The van der Waals surface area contributed by atoms with Crippen molar-refractivity contribution >= 4 is 17.3 Å². The molecule has 8 heteroatoms. The van der Waals surface area contributed by atoms with Crippen molar-refractivity contribution in [2.75, 3.05) is 7.11 Å². The molecule has 3 aromatic rings. The molecule has 3 rings (SSSR count). The Morgan fingerprint density at radius 1 is 1.27 bits per heavy atom. The summed E-state index contributed by atoms with van der Waals surface area (Å²) in [5, 5.41) is 7.70. The summed E-state index contributed by atoms with van der Waals surface area (Å²) in [7, 11) is 1.52. The zero-order valence-electron chi connectivity index (χ0n) is 14.6. The van der Waals surface area contributed by atoms with E-state index in [9.17, 15) is 4.79 Å². The number of nitrogens with zero attached hydrogens (tertiary/aromatic N) is 2. The number of benzene rings is 1. The lowest BCUT2D eigenvalue weighted by molar-refractivity contribution is 0.0429. The van der Waals surface area contributed by atoms with Gasteiger partial charge in [0.1, 0.15) is 0 Å². The van der Waals surface area contributed by atoms with Gasteiger partial charge in [-0.05, 0) is 43.5 Å². The molecule has 0 radical (unpaired) electrons. The molecule has 0 spiro atoms. The largest absolute Gasteiger partial charge is 0.493 e. The Bertz CT molecular complexity index is 874. The lowest BCUT2D eigenvalue weighted by atomic mass is 10.2. The minimum Gasteiger partial charge on any atom is -0.493 e. The van der Waals surface area contributed by atoms with Gasteiger partial charge in [-0.2, -0.15) is 16.3 Å². The van der Waals surface area contributed by atoms with Crippen LogP contribution in [0.3, 0.4) is 0 Å². The van der Waals surface area contributed by atoms with E-state index in [2.05, 4.69) is 10.1 Å². The van der Waals surface area contributed by atoms with E-state index in [-0.39, 0.29) is 18.6 Å². The Kier molecular flexibility index (Phi) is 5.52. The van der Waals surface area contributed by atoms with Crippen LogP contribution in [0.2, 0.25) is 0 Å². The number of hydrogen-bond acceptors (Lipinski definition) is 8. The number of thiophene rings is 1. The summed E-state index contributed by atoms with van der Waals surface area (Å²) in [5.41, 5.74) is 1.21. The summed E-state index contributed by atoms with van der Waals surface area (Å²) in [5.74, 6) is 1.21. The first-order chi connectivity index (χ1) is 12.6. The van der Waals surface area contributed by atoms with Crippen LogP contribution in [0.25, 0.3) is 11.4 Å². The first-order valence-corrected chi connectivity index (χ1v) is 8.88. The lowest BCUT2D eigenvalue weighted by Crippen LogP contribution is -2.09. The van der Waals surface area contributed by atoms with Crippen molar-refractivity contribution in [3.63, 3.8) is 0 Å². The van der Waals surface area contributed by atoms with Crippen LogP contribution in [0, 0.1) is 0 Å². The first kappa shape index (κ1) is 17.9. The molecular formula is C18H18N2O5S. The van der Waals surface area contributed by atoms with E-state index < -0.39 is 5.97 Å². The maximum Gasteiger partial charge on any atom is 0.338 e. The number of carbonyl (C=O) groups is 1. The van der Waals surface area contributed by atoms with Crippen molar-refractivity contribution in [3.05, 3.63) is 46.5 Å². The molecule has 0 saturated heterocycles. The summed E-state index contributed by atoms with van der Waals surface area (Å²) < 4.78 is 21.2. The number of esters is 1. The van der Waals surface area contributed by atoms with Gasteiger partial charge >= 0.3 is 5.97 Å². The molecule has 2 aromatic heterocycles. The first-order valence-electron chi connectivity index (χ1n) is 7.94. The van der Waals surface area contributed by atoms with E-state index >= 15 is 0 Å².